The van der Waals surface area contributed by atoms with Crippen molar-refractivity contribution in [1.29, 1.82) is 5.26 Å². The minimum absolute atomic E-state index is 0.119. The van der Waals surface area contributed by atoms with E-state index in [0.29, 0.717) is 11.3 Å². The van der Waals surface area contributed by atoms with Crippen LogP contribution in [-0.4, -0.2) is 23.4 Å². The van der Waals surface area contributed by atoms with Gasteiger partial charge in [0.2, 0.25) is 0 Å². The zero-order valence-electron chi connectivity index (χ0n) is 14.3. The number of nitro groups is 1. The first kappa shape index (κ1) is 19.3. The number of nitrogens with zero attached hydrogens (tertiary/aromatic N) is 2. The van der Waals surface area contributed by atoms with Crippen LogP contribution in [0.5, 0.6) is 0 Å². The summed E-state index contributed by atoms with van der Waals surface area (Å²) < 4.78 is 4.78. The van der Waals surface area contributed by atoms with Gasteiger partial charge in [0, 0.05) is 29.5 Å². The Morgan fingerprint density at radius 1 is 1.30 bits per heavy atom. The predicted octanol–water partition coefficient (Wildman–Crippen LogP) is 3.30. The van der Waals surface area contributed by atoms with Gasteiger partial charge in [0.1, 0.15) is 0 Å². The summed E-state index contributed by atoms with van der Waals surface area (Å²) in [6.45, 7) is 1.93. The molecule has 0 unspecified atom stereocenters. The Kier molecular flexibility index (Phi) is 6.39. The van der Waals surface area contributed by atoms with Crippen molar-refractivity contribution in [3.8, 4) is 6.07 Å². The zero-order valence-corrected chi connectivity index (χ0v) is 14.3. The van der Waals surface area contributed by atoms with Crippen molar-refractivity contribution in [2.24, 2.45) is 0 Å². The summed E-state index contributed by atoms with van der Waals surface area (Å²) in [5.41, 5.74) is 0.997. The smallest absolute Gasteiger partial charge is 0.330 e. The molecule has 0 atom stereocenters. The van der Waals surface area contributed by atoms with Gasteiger partial charge in [-0.1, -0.05) is 12.1 Å². The Balaban J connectivity index is 2.19. The predicted molar refractivity (Wildman–Crippen MR) is 97.9 cm³/mol. The summed E-state index contributed by atoms with van der Waals surface area (Å²) in [5.74, 6) is -1.07. The summed E-state index contributed by atoms with van der Waals surface area (Å²) in [6, 6.07) is 11.9. The summed E-state index contributed by atoms with van der Waals surface area (Å²) in [5, 5.41) is 22.7. The first-order valence-corrected chi connectivity index (χ1v) is 7.89. The van der Waals surface area contributed by atoms with Crippen LogP contribution in [0, 0.1) is 21.4 Å². The second-order valence-corrected chi connectivity index (χ2v) is 5.26. The van der Waals surface area contributed by atoms with Gasteiger partial charge in [-0.05, 0) is 36.8 Å². The first-order chi connectivity index (χ1) is 12.9. The number of nitro benzene ring substituents is 1. The maximum atomic E-state index is 12.3. The Morgan fingerprint density at radius 2 is 2.07 bits per heavy atom. The van der Waals surface area contributed by atoms with Gasteiger partial charge in [-0.3, -0.25) is 14.9 Å². The molecule has 2 rings (SSSR count). The van der Waals surface area contributed by atoms with Crippen molar-refractivity contribution in [2.75, 3.05) is 11.9 Å². The third kappa shape index (κ3) is 5.24. The van der Waals surface area contributed by atoms with Gasteiger partial charge < -0.3 is 10.1 Å². The molecule has 27 heavy (non-hydrogen) atoms. The van der Waals surface area contributed by atoms with Crippen LogP contribution in [0.4, 0.5) is 11.4 Å². The third-order valence-electron chi connectivity index (χ3n) is 3.44. The van der Waals surface area contributed by atoms with Crippen molar-refractivity contribution in [1.82, 2.24) is 0 Å². The minimum atomic E-state index is -0.588. The highest BCUT2D eigenvalue weighted by Crippen LogP contribution is 2.19. The van der Waals surface area contributed by atoms with Gasteiger partial charge in [-0.15, -0.1) is 0 Å². The lowest BCUT2D eigenvalue weighted by Gasteiger charge is -2.07. The normalized spacial score (nSPS) is 10.2. The van der Waals surface area contributed by atoms with Crippen molar-refractivity contribution < 1.29 is 19.2 Å². The lowest BCUT2D eigenvalue weighted by atomic mass is 10.1. The fourth-order valence-corrected chi connectivity index (χ4v) is 2.19. The molecule has 0 saturated heterocycles. The van der Waals surface area contributed by atoms with Gasteiger partial charge in [-0.25, -0.2) is 4.79 Å². The fourth-order valence-electron chi connectivity index (χ4n) is 2.19. The molecular formula is C19H15N3O5. The topological polar surface area (TPSA) is 122 Å². The number of amides is 1. The number of non-ortho nitro benzene ring substituents is 1. The molecule has 136 valence electrons. The van der Waals surface area contributed by atoms with Gasteiger partial charge in [0.25, 0.3) is 11.6 Å². The average molecular weight is 365 g/mol. The molecule has 0 spiro atoms. The Hall–Kier alpha value is -3.99. The molecule has 0 aliphatic rings. The quantitative estimate of drug-likeness (QED) is 0.363. The minimum Gasteiger partial charge on any atom is -0.463 e. The summed E-state index contributed by atoms with van der Waals surface area (Å²) in [7, 11) is 0. The molecule has 0 aliphatic carbocycles. The van der Waals surface area contributed by atoms with Crippen LogP contribution >= 0.6 is 0 Å². The third-order valence-corrected chi connectivity index (χ3v) is 3.44. The van der Waals surface area contributed by atoms with E-state index in [0.717, 1.165) is 6.07 Å². The highest BCUT2D eigenvalue weighted by atomic mass is 16.6. The maximum absolute atomic E-state index is 12.3. The molecule has 0 bridgehead atoms. The number of nitriles is 1. The molecule has 0 aliphatic heterocycles. The van der Waals surface area contributed by atoms with Crippen LogP contribution < -0.4 is 5.32 Å². The standard InChI is InChI=1S/C19H15N3O5/c1-2-27-18(23)9-7-13-6-8-16(10-15(13)12-20)21-19(24)14-4-3-5-17(11-14)22(25)26/h3-11H,2H2,1H3,(H,21,24)/b9-7+. The Bertz CT molecular complexity index is 960. The van der Waals surface area contributed by atoms with Gasteiger partial charge in [-0.2, -0.15) is 5.26 Å². The van der Waals surface area contributed by atoms with Crippen LogP contribution in [0.3, 0.4) is 0 Å². The van der Waals surface area contributed by atoms with E-state index in [1.54, 1.807) is 19.1 Å². The number of anilines is 1. The lowest BCUT2D eigenvalue weighted by Crippen LogP contribution is -2.12. The molecule has 1 N–H and O–H groups in total. The number of esters is 1. The lowest BCUT2D eigenvalue weighted by molar-refractivity contribution is -0.384. The molecule has 8 heteroatoms. The summed E-state index contributed by atoms with van der Waals surface area (Å²) in [6.07, 6.45) is 2.66. The van der Waals surface area contributed by atoms with E-state index in [1.807, 2.05) is 6.07 Å². The number of benzene rings is 2. The molecule has 2 aromatic carbocycles. The molecule has 0 saturated carbocycles. The number of hydrogen-bond acceptors (Lipinski definition) is 6. The molecule has 2 aromatic rings. The van der Waals surface area contributed by atoms with E-state index in [9.17, 15) is 25.0 Å². The summed E-state index contributed by atoms with van der Waals surface area (Å²) in [4.78, 5) is 33.8. The van der Waals surface area contributed by atoms with Gasteiger partial charge in [0.05, 0.1) is 23.2 Å². The Labute approximate surface area is 154 Å². The number of nitrogens with one attached hydrogen (secondary N) is 1. The van der Waals surface area contributed by atoms with Crippen LogP contribution in [0.15, 0.2) is 48.5 Å². The number of carbonyl (C=O) groups excluding carboxylic acids is 2. The van der Waals surface area contributed by atoms with Crippen molar-refractivity contribution in [3.05, 3.63) is 75.3 Å². The number of rotatable bonds is 6. The van der Waals surface area contributed by atoms with Gasteiger partial charge in [0.15, 0.2) is 0 Å². The van der Waals surface area contributed by atoms with E-state index in [2.05, 4.69) is 5.32 Å². The average Bonchev–Trinajstić information content (AvgIpc) is 2.67. The van der Waals surface area contributed by atoms with Crippen LogP contribution in [0.2, 0.25) is 0 Å². The van der Waals surface area contributed by atoms with E-state index in [1.165, 1.54) is 36.4 Å². The maximum Gasteiger partial charge on any atom is 0.330 e. The van der Waals surface area contributed by atoms with Crippen LogP contribution in [0.1, 0.15) is 28.4 Å². The molecule has 0 heterocycles. The molecule has 0 radical (unpaired) electrons. The van der Waals surface area contributed by atoms with E-state index in [-0.39, 0.29) is 23.4 Å². The second kappa shape index (κ2) is 8.92. The molecule has 0 aromatic heterocycles. The van der Waals surface area contributed by atoms with E-state index < -0.39 is 16.8 Å². The monoisotopic (exact) mass is 365 g/mol. The first-order valence-electron chi connectivity index (χ1n) is 7.89. The van der Waals surface area contributed by atoms with Gasteiger partial charge >= 0.3 is 5.97 Å². The SMILES string of the molecule is CCOC(=O)/C=C/c1ccc(NC(=O)c2cccc([N+](=O)[O-])c2)cc1C#N. The van der Waals surface area contributed by atoms with Crippen LogP contribution in [-0.2, 0) is 9.53 Å². The number of hydrogen-bond donors (Lipinski definition) is 1. The highest BCUT2D eigenvalue weighted by molar-refractivity contribution is 6.04. The molecular weight excluding hydrogens is 350 g/mol. The highest BCUT2D eigenvalue weighted by Gasteiger charge is 2.12. The number of carbonyl (C=O) groups is 2. The largest absolute Gasteiger partial charge is 0.463 e. The zero-order chi connectivity index (χ0) is 19.8. The van der Waals surface area contributed by atoms with E-state index >= 15 is 0 Å². The molecule has 8 nitrogen and oxygen atoms in total. The van der Waals surface area contributed by atoms with E-state index in [4.69, 9.17) is 4.74 Å². The fraction of sp³-hybridized carbons (Fsp3) is 0.105. The Morgan fingerprint density at radius 3 is 2.74 bits per heavy atom. The number of ether oxygens (including phenoxy) is 1. The molecule has 1 amide bonds. The second-order valence-electron chi connectivity index (χ2n) is 5.26. The molecule has 0 fully saturated rings. The van der Waals surface area contributed by atoms with Crippen molar-refractivity contribution >= 4 is 29.3 Å². The summed E-state index contributed by atoms with van der Waals surface area (Å²) >= 11 is 0. The van der Waals surface area contributed by atoms with Crippen molar-refractivity contribution in [2.45, 2.75) is 6.92 Å². The van der Waals surface area contributed by atoms with Crippen molar-refractivity contribution in [3.63, 3.8) is 0 Å². The van der Waals surface area contributed by atoms with Crippen LogP contribution in [0.25, 0.3) is 6.08 Å².